The van der Waals surface area contributed by atoms with Crippen LogP contribution in [0.25, 0.3) is 11.3 Å². The summed E-state index contributed by atoms with van der Waals surface area (Å²) in [5.74, 6) is 1.15. The molecular formula is C17H15N3O3S. The molecule has 0 aliphatic carbocycles. The number of hydrogen-bond acceptors (Lipinski definition) is 6. The van der Waals surface area contributed by atoms with Crippen molar-refractivity contribution >= 4 is 22.4 Å². The van der Waals surface area contributed by atoms with E-state index >= 15 is 0 Å². The molecule has 0 aliphatic heterocycles. The third kappa shape index (κ3) is 3.36. The van der Waals surface area contributed by atoms with Gasteiger partial charge in [0.05, 0.1) is 25.5 Å². The van der Waals surface area contributed by atoms with Crippen LogP contribution in [0.15, 0.2) is 48.1 Å². The standard InChI is InChI=1S/C17H15N3O3S/c1-22-12-5-6-15(23-2)13(8-12)14-10-24-17(19-14)20-16(21)11-4-3-7-18-9-11/h3-10H,1-2H3,(H,19,20,21). The van der Waals surface area contributed by atoms with Gasteiger partial charge in [-0.25, -0.2) is 4.98 Å². The fraction of sp³-hybridized carbons (Fsp3) is 0.118. The molecule has 122 valence electrons. The van der Waals surface area contributed by atoms with Gasteiger partial charge in [0.2, 0.25) is 0 Å². The predicted octanol–water partition coefficient (Wildman–Crippen LogP) is 3.47. The number of nitrogens with one attached hydrogen (secondary N) is 1. The summed E-state index contributed by atoms with van der Waals surface area (Å²) in [5.41, 5.74) is 1.99. The maximum Gasteiger partial charge on any atom is 0.259 e. The lowest BCUT2D eigenvalue weighted by molar-refractivity contribution is 0.102. The van der Waals surface area contributed by atoms with Crippen molar-refractivity contribution in [1.29, 1.82) is 0 Å². The van der Waals surface area contributed by atoms with E-state index in [-0.39, 0.29) is 5.91 Å². The van der Waals surface area contributed by atoms with Crippen molar-refractivity contribution in [3.05, 3.63) is 53.7 Å². The Kier molecular flexibility index (Phi) is 4.72. The number of rotatable bonds is 5. The van der Waals surface area contributed by atoms with Crippen molar-refractivity contribution in [2.24, 2.45) is 0 Å². The summed E-state index contributed by atoms with van der Waals surface area (Å²) >= 11 is 1.34. The molecule has 3 aromatic rings. The second-order valence-corrected chi connectivity index (χ2v) is 5.66. The van der Waals surface area contributed by atoms with E-state index < -0.39 is 0 Å². The van der Waals surface area contributed by atoms with Crippen molar-refractivity contribution in [1.82, 2.24) is 9.97 Å². The molecule has 0 spiro atoms. The summed E-state index contributed by atoms with van der Waals surface area (Å²) in [4.78, 5) is 20.5. The van der Waals surface area contributed by atoms with Crippen LogP contribution in [0.5, 0.6) is 11.5 Å². The molecule has 2 aromatic heterocycles. The van der Waals surface area contributed by atoms with Gasteiger partial charge in [-0.2, -0.15) is 0 Å². The molecule has 24 heavy (non-hydrogen) atoms. The number of anilines is 1. The molecule has 3 rings (SSSR count). The SMILES string of the molecule is COc1ccc(OC)c(-c2csc(NC(=O)c3cccnc3)n2)c1. The van der Waals surface area contributed by atoms with Crippen LogP contribution in [-0.2, 0) is 0 Å². The number of aromatic nitrogens is 2. The van der Waals surface area contributed by atoms with Crippen LogP contribution in [-0.4, -0.2) is 30.1 Å². The maximum absolute atomic E-state index is 12.2. The van der Waals surface area contributed by atoms with Crippen LogP contribution in [0.3, 0.4) is 0 Å². The second kappa shape index (κ2) is 7.10. The number of nitrogens with zero attached hydrogens (tertiary/aromatic N) is 2. The van der Waals surface area contributed by atoms with Gasteiger partial charge < -0.3 is 9.47 Å². The molecule has 0 fully saturated rings. The van der Waals surface area contributed by atoms with Gasteiger partial charge in [0.1, 0.15) is 11.5 Å². The Balaban J connectivity index is 1.85. The first-order valence-corrected chi connectivity index (χ1v) is 7.98. The van der Waals surface area contributed by atoms with Crippen molar-refractivity contribution < 1.29 is 14.3 Å². The van der Waals surface area contributed by atoms with Gasteiger partial charge >= 0.3 is 0 Å². The number of hydrogen-bond donors (Lipinski definition) is 1. The second-order valence-electron chi connectivity index (χ2n) is 4.80. The zero-order chi connectivity index (χ0) is 16.9. The van der Waals surface area contributed by atoms with E-state index in [2.05, 4.69) is 15.3 Å². The lowest BCUT2D eigenvalue weighted by Gasteiger charge is -2.08. The zero-order valence-corrected chi connectivity index (χ0v) is 14.0. The fourth-order valence-corrected chi connectivity index (χ4v) is 2.84. The number of carbonyl (C=O) groups excluding carboxylic acids is 1. The van der Waals surface area contributed by atoms with E-state index in [1.807, 2.05) is 23.6 Å². The average molecular weight is 341 g/mol. The zero-order valence-electron chi connectivity index (χ0n) is 13.1. The molecule has 1 N–H and O–H groups in total. The van der Waals surface area contributed by atoms with Gasteiger partial charge in [0.15, 0.2) is 5.13 Å². The van der Waals surface area contributed by atoms with Crippen LogP contribution in [0.1, 0.15) is 10.4 Å². The Labute approximate surface area is 143 Å². The Morgan fingerprint density at radius 1 is 1.21 bits per heavy atom. The molecule has 0 saturated carbocycles. The molecule has 0 saturated heterocycles. The van der Waals surface area contributed by atoms with E-state index in [4.69, 9.17) is 9.47 Å². The Hall–Kier alpha value is -2.93. The minimum absolute atomic E-state index is 0.249. The highest BCUT2D eigenvalue weighted by Gasteiger charge is 2.13. The lowest BCUT2D eigenvalue weighted by atomic mass is 10.1. The van der Waals surface area contributed by atoms with E-state index in [1.165, 1.54) is 17.5 Å². The number of benzene rings is 1. The minimum atomic E-state index is -0.249. The smallest absolute Gasteiger partial charge is 0.259 e. The van der Waals surface area contributed by atoms with Crippen LogP contribution in [0.2, 0.25) is 0 Å². The quantitative estimate of drug-likeness (QED) is 0.769. The molecule has 0 atom stereocenters. The summed E-state index contributed by atoms with van der Waals surface area (Å²) in [5, 5.41) is 5.13. The van der Waals surface area contributed by atoms with E-state index in [0.29, 0.717) is 27.9 Å². The normalized spacial score (nSPS) is 10.2. The Bertz CT molecular complexity index is 849. The highest BCUT2D eigenvalue weighted by molar-refractivity contribution is 7.14. The summed E-state index contributed by atoms with van der Waals surface area (Å²) in [7, 11) is 3.20. The molecule has 0 unspecified atom stereocenters. The van der Waals surface area contributed by atoms with E-state index in [0.717, 1.165) is 5.56 Å². The lowest BCUT2D eigenvalue weighted by Crippen LogP contribution is -2.11. The number of amides is 1. The summed E-state index contributed by atoms with van der Waals surface area (Å²) in [6, 6.07) is 8.90. The molecule has 0 bridgehead atoms. The van der Waals surface area contributed by atoms with Gasteiger partial charge in [-0.15, -0.1) is 11.3 Å². The highest BCUT2D eigenvalue weighted by Crippen LogP contribution is 2.35. The van der Waals surface area contributed by atoms with Crippen molar-refractivity contribution in [2.75, 3.05) is 19.5 Å². The van der Waals surface area contributed by atoms with E-state index in [1.54, 1.807) is 32.5 Å². The first-order valence-electron chi connectivity index (χ1n) is 7.10. The summed E-state index contributed by atoms with van der Waals surface area (Å²) < 4.78 is 10.6. The third-order valence-corrected chi connectivity index (χ3v) is 4.09. The molecular weight excluding hydrogens is 326 g/mol. The largest absolute Gasteiger partial charge is 0.497 e. The van der Waals surface area contributed by atoms with Crippen LogP contribution in [0.4, 0.5) is 5.13 Å². The Morgan fingerprint density at radius 2 is 2.08 bits per heavy atom. The Morgan fingerprint density at radius 3 is 2.79 bits per heavy atom. The number of ether oxygens (including phenoxy) is 2. The number of methoxy groups -OCH3 is 2. The number of pyridine rings is 1. The number of thiazole rings is 1. The summed E-state index contributed by atoms with van der Waals surface area (Å²) in [6.07, 6.45) is 3.13. The average Bonchev–Trinajstić information content (AvgIpc) is 3.10. The van der Waals surface area contributed by atoms with Crippen LogP contribution in [0, 0.1) is 0 Å². The van der Waals surface area contributed by atoms with Crippen molar-refractivity contribution in [2.45, 2.75) is 0 Å². The predicted molar refractivity (Wildman–Crippen MR) is 92.8 cm³/mol. The van der Waals surface area contributed by atoms with Gasteiger partial charge in [0.25, 0.3) is 5.91 Å². The first-order chi connectivity index (χ1) is 11.7. The summed E-state index contributed by atoms with van der Waals surface area (Å²) in [6.45, 7) is 0. The fourth-order valence-electron chi connectivity index (χ4n) is 2.14. The van der Waals surface area contributed by atoms with Crippen LogP contribution < -0.4 is 14.8 Å². The molecule has 2 heterocycles. The van der Waals surface area contributed by atoms with E-state index in [9.17, 15) is 4.79 Å². The number of carbonyl (C=O) groups is 1. The third-order valence-electron chi connectivity index (χ3n) is 3.33. The van der Waals surface area contributed by atoms with Crippen LogP contribution >= 0.6 is 11.3 Å². The molecule has 1 aromatic carbocycles. The van der Waals surface area contributed by atoms with Gasteiger partial charge in [-0.1, -0.05) is 0 Å². The molecule has 6 nitrogen and oxygen atoms in total. The maximum atomic E-state index is 12.2. The molecule has 0 radical (unpaired) electrons. The van der Waals surface area contributed by atoms with Crippen molar-refractivity contribution in [3.63, 3.8) is 0 Å². The van der Waals surface area contributed by atoms with Gasteiger partial charge in [-0.3, -0.25) is 15.1 Å². The molecule has 0 aliphatic rings. The minimum Gasteiger partial charge on any atom is -0.497 e. The molecule has 7 heteroatoms. The van der Waals surface area contributed by atoms with Gasteiger partial charge in [-0.05, 0) is 30.3 Å². The highest BCUT2D eigenvalue weighted by atomic mass is 32.1. The molecule has 1 amide bonds. The topological polar surface area (TPSA) is 73.3 Å². The van der Waals surface area contributed by atoms with Gasteiger partial charge in [0, 0.05) is 23.3 Å². The first kappa shape index (κ1) is 15.9. The monoisotopic (exact) mass is 341 g/mol. The van der Waals surface area contributed by atoms with Crippen molar-refractivity contribution in [3.8, 4) is 22.8 Å².